The second-order valence-corrected chi connectivity index (χ2v) is 5.14. The van der Waals surface area contributed by atoms with Gasteiger partial charge >= 0.3 is 0 Å². The average Bonchev–Trinajstić information content (AvgIpc) is 2.99. The van der Waals surface area contributed by atoms with E-state index in [4.69, 9.17) is 9.47 Å². The van der Waals surface area contributed by atoms with E-state index in [1.165, 1.54) is 0 Å². The van der Waals surface area contributed by atoms with Crippen LogP contribution in [0, 0.1) is 0 Å². The van der Waals surface area contributed by atoms with Crippen molar-refractivity contribution in [2.45, 2.75) is 31.4 Å². The summed E-state index contributed by atoms with van der Waals surface area (Å²) < 4.78 is 11.1. The van der Waals surface area contributed by atoms with Crippen molar-refractivity contribution >= 4 is 5.91 Å². The first kappa shape index (κ1) is 12.5. The molecule has 0 aliphatic carbocycles. The number of ether oxygens (including phenoxy) is 2. The molecule has 0 bridgehead atoms. The van der Waals surface area contributed by atoms with Crippen LogP contribution in [-0.2, 0) is 9.53 Å². The molecule has 0 saturated carbocycles. The van der Waals surface area contributed by atoms with E-state index in [0.29, 0.717) is 13.2 Å². The highest BCUT2D eigenvalue weighted by molar-refractivity contribution is 5.81. The maximum Gasteiger partial charge on any atom is 0.251 e. The standard InChI is InChI=1S/C15H19NO3/c1-16(15(17)14-7-4-9-18-14)12-8-10-19-13-6-3-2-5-11(12)13/h2-3,5-6,12,14H,4,7-10H2,1H3. The fourth-order valence-electron chi connectivity index (χ4n) is 2.88. The molecule has 0 N–H and O–H groups in total. The van der Waals surface area contributed by atoms with E-state index >= 15 is 0 Å². The van der Waals surface area contributed by atoms with Gasteiger partial charge in [0.25, 0.3) is 5.91 Å². The average molecular weight is 261 g/mol. The van der Waals surface area contributed by atoms with Crippen molar-refractivity contribution in [2.75, 3.05) is 20.3 Å². The van der Waals surface area contributed by atoms with E-state index in [1.54, 1.807) is 0 Å². The van der Waals surface area contributed by atoms with Crippen LogP contribution in [0.15, 0.2) is 24.3 Å². The molecular formula is C15H19NO3. The Labute approximate surface area is 113 Å². The molecule has 0 aromatic heterocycles. The first-order valence-electron chi connectivity index (χ1n) is 6.87. The molecule has 1 aromatic carbocycles. The minimum Gasteiger partial charge on any atom is -0.493 e. The molecule has 19 heavy (non-hydrogen) atoms. The number of nitrogens with zero attached hydrogens (tertiary/aromatic N) is 1. The number of hydrogen-bond acceptors (Lipinski definition) is 3. The van der Waals surface area contributed by atoms with Crippen molar-refractivity contribution in [1.29, 1.82) is 0 Å². The summed E-state index contributed by atoms with van der Waals surface area (Å²) in [6.07, 6.45) is 2.41. The third-order valence-electron chi connectivity index (χ3n) is 3.95. The fraction of sp³-hybridized carbons (Fsp3) is 0.533. The molecule has 1 saturated heterocycles. The summed E-state index contributed by atoms with van der Waals surface area (Å²) >= 11 is 0. The molecule has 1 aromatic rings. The molecule has 2 unspecified atom stereocenters. The van der Waals surface area contributed by atoms with Crippen LogP contribution in [0.1, 0.15) is 30.9 Å². The molecule has 4 heteroatoms. The van der Waals surface area contributed by atoms with Crippen LogP contribution in [-0.4, -0.2) is 37.2 Å². The molecule has 2 aliphatic heterocycles. The Morgan fingerprint density at radius 3 is 2.89 bits per heavy atom. The molecule has 2 heterocycles. The Hall–Kier alpha value is -1.55. The van der Waals surface area contributed by atoms with E-state index in [0.717, 1.165) is 30.6 Å². The number of amides is 1. The lowest BCUT2D eigenvalue weighted by molar-refractivity contribution is -0.142. The monoisotopic (exact) mass is 261 g/mol. The number of benzene rings is 1. The third kappa shape index (κ3) is 2.32. The van der Waals surface area contributed by atoms with Crippen molar-refractivity contribution in [3.63, 3.8) is 0 Å². The summed E-state index contributed by atoms with van der Waals surface area (Å²) in [7, 11) is 1.87. The van der Waals surface area contributed by atoms with Crippen LogP contribution in [0.4, 0.5) is 0 Å². The molecule has 102 valence electrons. The summed E-state index contributed by atoms with van der Waals surface area (Å²) in [5, 5.41) is 0. The number of likely N-dealkylation sites (N-methyl/N-ethyl adjacent to an activating group) is 1. The molecule has 3 rings (SSSR count). The van der Waals surface area contributed by atoms with Crippen molar-refractivity contribution in [1.82, 2.24) is 4.90 Å². The molecule has 0 spiro atoms. The van der Waals surface area contributed by atoms with Crippen molar-refractivity contribution in [3.8, 4) is 5.75 Å². The number of fused-ring (bicyclic) bond motifs is 1. The van der Waals surface area contributed by atoms with Gasteiger partial charge in [-0.2, -0.15) is 0 Å². The maximum absolute atomic E-state index is 12.4. The van der Waals surface area contributed by atoms with Crippen LogP contribution in [0.25, 0.3) is 0 Å². The second kappa shape index (κ2) is 5.21. The maximum atomic E-state index is 12.4. The van der Waals surface area contributed by atoms with Crippen LogP contribution in [0.2, 0.25) is 0 Å². The summed E-state index contributed by atoms with van der Waals surface area (Å²) in [6, 6.07) is 8.06. The van der Waals surface area contributed by atoms with Gasteiger partial charge in [-0.15, -0.1) is 0 Å². The van der Waals surface area contributed by atoms with Gasteiger partial charge in [0.05, 0.1) is 12.6 Å². The zero-order valence-electron chi connectivity index (χ0n) is 11.2. The summed E-state index contributed by atoms with van der Waals surface area (Å²) in [6.45, 7) is 1.36. The van der Waals surface area contributed by atoms with Gasteiger partial charge in [0.1, 0.15) is 11.9 Å². The van der Waals surface area contributed by atoms with Gasteiger partial charge < -0.3 is 14.4 Å². The minimum atomic E-state index is -0.250. The van der Waals surface area contributed by atoms with Gasteiger partial charge in [0.15, 0.2) is 0 Å². The molecule has 2 aliphatic rings. The predicted molar refractivity (Wildman–Crippen MR) is 71.0 cm³/mol. The Morgan fingerprint density at radius 2 is 2.11 bits per heavy atom. The van der Waals surface area contributed by atoms with Crippen molar-refractivity contribution in [3.05, 3.63) is 29.8 Å². The molecule has 4 nitrogen and oxygen atoms in total. The van der Waals surface area contributed by atoms with E-state index < -0.39 is 0 Å². The summed E-state index contributed by atoms with van der Waals surface area (Å²) in [4.78, 5) is 14.2. The fourth-order valence-corrected chi connectivity index (χ4v) is 2.88. The first-order chi connectivity index (χ1) is 9.27. The van der Waals surface area contributed by atoms with Crippen LogP contribution < -0.4 is 4.74 Å². The number of para-hydroxylation sites is 1. The van der Waals surface area contributed by atoms with E-state index in [1.807, 2.05) is 36.2 Å². The zero-order valence-corrected chi connectivity index (χ0v) is 11.2. The minimum absolute atomic E-state index is 0.0965. The largest absolute Gasteiger partial charge is 0.493 e. The highest BCUT2D eigenvalue weighted by Gasteiger charge is 2.33. The molecule has 1 fully saturated rings. The van der Waals surface area contributed by atoms with Crippen molar-refractivity contribution in [2.24, 2.45) is 0 Å². The van der Waals surface area contributed by atoms with Gasteiger partial charge in [-0.3, -0.25) is 4.79 Å². The topological polar surface area (TPSA) is 38.8 Å². The Bertz CT molecular complexity index is 468. The molecule has 0 radical (unpaired) electrons. The van der Waals surface area contributed by atoms with Crippen LogP contribution in [0.3, 0.4) is 0 Å². The highest BCUT2D eigenvalue weighted by Crippen LogP contribution is 2.35. The Balaban J connectivity index is 1.80. The highest BCUT2D eigenvalue weighted by atomic mass is 16.5. The molecule has 2 atom stereocenters. The van der Waals surface area contributed by atoms with E-state index in [-0.39, 0.29) is 18.1 Å². The van der Waals surface area contributed by atoms with Gasteiger partial charge in [-0.25, -0.2) is 0 Å². The number of rotatable bonds is 2. The summed E-state index contributed by atoms with van der Waals surface area (Å²) in [5.74, 6) is 0.991. The second-order valence-electron chi connectivity index (χ2n) is 5.14. The normalized spacial score (nSPS) is 25.5. The lowest BCUT2D eigenvalue weighted by atomic mass is 9.98. The third-order valence-corrected chi connectivity index (χ3v) is 3.95. The van der Waals surface area contributed by atoms with Gasteiger partial charge in [0.2, 0.25) is 0 Å². The molecular weight excluding hydrogens is 242 g/mol. The molecule has 1 amide bonds. The number of carbonyl (C=O) groups is 1. The van der Waals surface area contributed by atoms with Gasteiger partial charge in [-0.1, -0.05) is 18.2 Å². The first-order valence-corrected chi connectivity index (χ1v) is 6.87. The lowest BCUT2D eigenvalue weighted by Gasteiger charge is -2.34. The quantitative estimate of drug-likeness (QED) is 0.818. The van der Waals surface area contributed by atoms with E-state index in [9.17, 15) is 4.79 Å². The zero-order chi connectivity index (χ0) is 13.2. The number of carbonyl (C=O) groups excluding carboxylic acids is 1. The summed E-state index contributed by atoms with van der Waals surface area (Å²) in [5.41, 5.74) is 1.10. The Kier molecular flexibility index (Phi) is 3.42. The van der Waals surface area contributed by atoms with Crippen LogP contribution in [0.5, 0.6) is 5.75 Å². The van der Waals surface area contributed by atoms with Gasteiger partial charge in [-0.05, 0) is 18.9 Å². The van der Waals surface area contributed by atoms with Crippen LogP contribution >= 0.6 is 0 Å². The number of hydrogen-bond donors (Lipinski definition) is 0. The lowest BCUT2D eigenvalue weighted by Crippen LogP contribution is -2.40. The SMILES string of the molecule is CN(C(=O)C1CCCO1)C1CCOc2ccccc21. The Morgan fingerprint density at radius 1 is 1.26 bits per heavy atom. The van der Waals surface area contributed by atoms with E-state index in [2.05, 4.69) is 0 Å². The smallest absolute Gasteiger partial charge is 0.251 e. The predicted octanol–water partition coefficient (Wildman–Crippen LogP) is 2.15. The van der Waals surface area contributed by atoms with Crippen molar-refractivity contribution < 1.29 is 14.3 Å². The van der Waals surface area contributed by atoms with Gasteiger partial charge in [0, 0.05) is 25.6 Å².